The number of halogens is 1. The molecule has 0 bridgehead atoms. The van der Waals surface area contributed by atoms with Gasteiger partial charge >= 0.3 is 0 Å². The normalized spacial score (nSPS) is 9.89. The van der Waals surface area contributed by atoms with Crippen LogP contribution in [0.2, 0.25) is 0 Å². The zero-order valence-electron chi connectivity index (χ0n) is 10.5. The van der Waals surface area contributed by atoms with Crippen molar-refractivity contribution in [3.8, 4) is 5.75 Å². The van der Waals surface area contributed by atoms with Gasteiger partial charge in [0.1, 0.15) is 5.75 Å². The lowest BCUT2D eigenvalue weighted by Crippen LogP contribution is -2.24. The van der Waals surface area contributed by atoms with Crippen LogP contribution in [-0.4, -0.2) is 19.1 Å². The summed E-state index contributed by atoms with van der Waals surface area (Å²) >= 11 is 3.19. The van der Waals surface area contributed by atoms with Gasteiger partial charge in [-0.05, 0) is 31.0 Å². The third-order valence-corrected chi connectivity index (χ3v) is 2.56. The number of carbonyl (C=O) groups is 1. The molecular formula is C14H18BrNO2. The van der Waals surface area contributed by atoms with Crippen LogP contribution in [0.3, 0.4) is 0 Å². The van der Waals surface area contributed by atoms with Crippen LogP contribution in [-0.2, 0) is 4.79 Å². The SMILES string of the molecule is C=C(Br)CNC(=O)CCCOc1cccc(C)c1. The van der Waals surface area contributed by atoms with Gasteiger partial charge in [0.25, 0.3) is 0 Å². The Hall–Kier alpha value is -1.29. The standard InChI is InChI=1S/C14H18BrNO2/c1-11-5-3-6-13(9-11)18-8-4-7-14(17)16-10-12(2)15/h3,5-6,9H,2,4,7-8,10H2,1H3,(H,16,17). The number of rotatable bonds is 7. The molecule has 0 fully saturated rings. The summed E-state index contributed by atoms with van der Waals surface area (Å²) in [6, 6.07) is 7.88. The van der Waals surface area contributed by atoms with Gasteiger partial charge in [0, 0.05) is 17.4 Å². The predicted octanol–water partition coefficient (Wildman–Crippen LogP) is 3.18. The fraction of sp³-hybridized carbons (Fsp3) is 0.357. The van der Waals surface area contributed by atoms with Crippen LogP contribution in [0.5, 0.6) is 5.75 Å². The van der Waals surface area contributed by atoms with E-state index in [4.69, 9.17) is 4.74 Å². The molecule has 4 heteroatoms. The second-order valence-corrected chi connectivity index (χ2v) is 5.18. The summed E-state index contributed by atoms with van der Waals surface area (Å²) in [6.45, 7) is 6.69. The average Bonchev–Trinajstić information content (AvgIpc) is 2.32. The maximum Gasteiger partial charge on any atom is 0.220 e. The van der Waals surface area contributed by atoms with Crippen molar-refractivity contribution in [3.05, 3.63) is 40.9 Å². The Morgan fingerprint density at radius 2 is 2.28 bits per heavy atom. The van der Waals surface area contributed by atoms with Crippen LogP contribution < -0.4 is 10.1 Å². The molecule has 0 radical (unpaired) electrons. The van der Waals surface area contributed by atoms with Gasteiger partial charge in [-0.3, -0.25) is 4.79 Å². The van der Waals surface area contributed by atoms with Crippen molar-refractivity contribution in [2.24, 2.45) is 0 Å². The molecule has 1 N–H and O–H groups in total. The minimum absolute atomic E-state index is 0.0171. The van der Waals surface area contributed by atoms with Crippen LogP contribution >= 0.6 is 15.9 Å². The Labute approximate surface area is 116 Å². The van der Waals surface area contributed by atoms with E-state index in [-0.39, 0.29) is 5.91 Å². The van der Waals surface area contributed by atoms with Gasteiger partial charge in [0.15, 0.2) is 0 Å². The van der Waals surface area contributed by atoms with Gasteiger partial charge in [-0.15, -0.1) is 0 Å². The molecule has 18 heavy (non-hydrogen) atoms. The van der Waals surface area contributed by atoms with Crippen molar-refractivity contribution in [3.63, 3.8) is 0 Å². The van der Waals surface area contributed by atoms with Crippen LogP contribution in [0, 0.1) is 6.92 Å². The third-order valence-electron chi connectivity index (χ3n) is 2.28. The molecular weight excluding hydrogens is 294 g/mol. The second-order valence-electron chi connectivity index (χ2n) is 4.06. The predicted molar refractivity (Wildman–Crippen MR) is 77.0 cm³/mol. The Balaban J connectivity index is 2.15. The number of hydrogen-bond acceptors (Lipinski definition) is 2. The lowest BCUT2D eigenvalue weighted by atomic mass is 10.2. The molecule has 0 spiro atoms. The topological polar surface area (TPSA) is 38.3 Å². The van der Waals surface area contributed by atoms with E-state index in [0.29, 0.717) is 26.0 Å². The van der Waals surface area contributed by atoms with Gasteiger partial charge in [-0.2, -0.15) is 0 Å². The zero-order valence-corrected chi connectivity index (χ0v) is 12.1. The molecule has 0 atom stereocenters. The van der Waals surface area contributed by atoms with Crippen LogP contribution in [0.25, 0.3) is 0 Å². The quantitative estimate of drug-likeness (QED) is 0.785. The second kappa shape index (κ2) is 7.93. The first-order valence-corrected chi connectivity index (χ1v) is 6.66. The van der Waals surface area contributed by atoms with Gasteiger partial charge in [-0.1, -0.05) is 34.6 Å². The van der Waals surface area contributed by atoms with Crippen molar-refractivity contribution >= 4 is 21.8 Å². The molecule has 1 aromatic rings. The zero-order chi connectivity index (χ0) is 13.4. The molecule has 1 amide bonds. The van der Waals surface area contributed by atoms with Crippen LogP contribution in [0.4, 0.5) is 0 Å². The molecule has 0 heterocycles. The fourth-order valence-corrected chi connectivity index (χ4v) is 1.55. The van der Waals surface area contributed by atoms with Crippen molar-refractivity contribution in [1.82, 2.24) is 5.32 Å². The first-order chi connectivity index (χ1) is 8.58. The summed E-state index contributed by atoms with van der Waals surface area (Å²) in [5.74, 6) is 0.868. The molecule has 0 aliphatic heterocycles. The number of ether oxygens (including phenoxy) is 1. The highest BCUT2D eigenvalue weighted by atomic mass is 79.9. The van der Waals surface area contributed by atoms with Gasteiger partial charge < -0.3 is 10.1 Å². The Morgan fingerprint density at radius 1 is 1.50 bits per heavy atom. The lowest BCUT2D eigenvalue weighted by molar-refractivity contribution is -0.121. The monoisotopic (exact) mass is 311 g/mol. The summed E-state index contributed by atoms with van der Waals surface area (Å²) in [5, 5.41) is 2.75. The Morgan fingerprint density at radius 3 is 2.94 bits per heavy atom. The molecule has 0 aliphatic rings. The molecule has 0 aliphatic carbocycles. The van der Waals surface area contributed by atoms with Crippen molar-refractivity contribution in [2.75, 3.05) is 13.2 Å². The number of carbonyl (C=O) groups excluding carboxylic acids is 1. The highest BCUT2D eigenvalue weighted by Gasteiger charge is 2.01. The summed E-state index contributed by atoms with van der Waals surface area (Å²) < 4.78 is 6.33. The minimum Gasteiger partial charge on any atom is -0.494 e. The molecule has 1 aromatic carbocycles. The molecule has 0 unspecified atom stereocenters. The fourth-order valence-electron chi connectivity index (χ4n) is 1.41. The first-order valence-electron chi connectivity index (χ1n) is 5.87. The number of benzene rings is 1. The van der Waals surface area contributed by atoms with E-state index in [1.807, 2.05) is 31.2 Å². The molecule has 0 aromatic heterocycles. The van der Waals surface area contributed by atoms with Crippen LogP contribution in [0.1, 0.15) is 18.4 Å². The van der Waals surface area contributed by atoms with E-state index in [0.717, 1.165) is 10.2 Å². The Bertz CT molecular complexity index is 418. The number of hydrogen-bond donors (Lipinski definition) is 1. The number of amides is 1. The molecule has 3 nitrogen and oxygen atoms in total. The molecule has 1 rings (SSSR count). The van der Waals surface area contributed by atoms with E-state index in [1.54, 1.807) is 0 Å². The summed E-state index contributed by atoms with van der Waals surface area (Å²) in [6.07, 6.45) is 1.17. The Kier molecular flexibility index (Phi) is 6.50. The van der Waals surface area contributed by atoms with E-state index in [2.05, 4.69) is 27.8 Å². The maximum absolute atomic E-state index is 11.4. The maximum atomic E-state index is 11.4. The van der Waals surface area contributed by atoms with Gasteiger partial charge in [0.05, 0.1) is 6.61 Å². The van der Waals surface area contributed by atoms with E-state index >= 15 is 0 Å². The smallest absolute Gasteiger partial charge is 0.220 e. The summed E-state index contributed by atoms with van der Waals surface area (Å²) in [5.41, 5.74) is 1.17. The van der Waals surface area contributed by atoms with Crippen LogP contribution in [0.15, 0.2) is 35.3 Å². The minimum atomic E-state index is 0.0171. The average molecular weight is 312 g/mol. The highest BCUT2D eigenvalue weighted by molar-refractivity contribution is 9.11. The summed E-state index contributed by atoms with van der Waals surface area (Å²) in [4.78, 5) is 11.4. The summed E-state index contributed by atoms with van der Waals surface area (Å²) in [7, 11) is 0. The largest absolute Gasteiger partial charge is 0.494 e. The third kappa shape index (κ3) is 6.45. The van der Waals surface area contributed by atoms with E-state index < -0.39 is 0 Å². The highest BCUT2D eigenvalue weighted by Crippen LogP contribution is 2.12. The molecule has 98 valence electrons. The van der Waals surface area contributed by atoms with Crippen molar-refractivity contribution in [2.45, 2.75) is 19.8 Å². The molecule has 0 saturated carbocycles. The van der Waals surface area contributed by atoms with Gasteiger partial charge in [-0.25, -0.2) is 0 Å². The lowest BCUT2D eigenvalue weighted by Gasteiger charge is -2.07. The molecule has 0 saturated heterocycles. The van der Waals surface area contributed by atoms with Crippen molar-refractivity contribution < 1.29 is 9.53 Å². The number of nitrogens with one attached hydrogen (secondary N) is 1. The number of aryl methyl sites for hydroxylation is 1. The first kappa shape index (κ1) is 14.8. The van der Waals surface area contributed by atoms with E-state index in [9.17, 15) is 4.79 Å². The van der Waals surface area contributed by atoms with E-state index in [1.165, 1.54) is 5.56 Å². The van der Waals surface area contributed by atoms with Crippen molar-refractivity contribution in [1.29, 1.82) is 0 Å². The van der Waals surface area contributed by atoms with Gasteiger partial charge in [0.2, 0.25) is 5.91 Å².